The standard InChI is InChI=1S/C16H17ClN2/c17-14-7-5-13(6-8-14)16(9-3-10-16)19-12-15-4-1-2-11-18-15/h1-2,4-8,11,19H,3,9-10,12H2. The van der Waals surface area contributed by atoms with Gasteiger partial charge in [0.2, 0.25) is 0 Å². The van der Waals surface area contributed by atoms with E-state index in [0.717, 1.165) is 17.3 Å². The Morgan fingerprint density at radius 3 is 2.47 bits per heavy atom. The third-order valence-electron chi connectivity index (χ3n) is 3.94. The molecule has 3 heteroatoms. The Hall–Kier alpha value is -1.38. The SMILES string of the molecule is Clc1ccc(C2(NCc3ccccn3)CCC2)cc1. The summed E-state index contributed by atoms with van der Waals surface area (Å²) in [5, 5.41) is 4.47. The molecule has 0 saturated heterocycles. The van der Waals surface area contributed by atoms with Crippen molar-refractivity contribution in [3.8, 4) is 0 Å². The second-order valence-electron chi connectivity index (χ2n) is 5.12. The number of pyridine rings is 1. The predicted octanol–water partition coefficient (Wildman–Crippen LogP) is 3.90. The Bertz CT molecular complexity index is 532. The van der Waals surface area contributed by atoms with Crippen molar-refractivity contribution in [3.63, 3.8) is 0 Å². The monoisotopic (exact) mass is 272 g/mol. The Kier molecular flexibility index (Phi) is 3.54. The lowest BCUT2D eigenvalue weighted by Gasteiger charge is -2.43. The average Bonchev–Trinajstić information content (AvgIpc) is 2.41. The normalized spacial score (nSPS) is 16.9. The molecule has 19 heavy (non-hydrogen) atoms. The maximum atomic E-state index is 5.97. The molecule has 1 saturated carbocycles. The first-order valence-corrected chi connectivity index (χ1v) is 7.07. The molecule has 1 fully saturated rings. The second-order valence-corrected chi connectivity index (χ2v) is 5.55. The minimum absolute atomic E-state index is 0.113. The maximum absolute atomic E-state index is 5.97. The van der Waals surface area contributed by atoms with Gasteiger partial charge in [-0.1, -0.05) is 29.8 Å². The molecule has 0 aliphatic heterocycles. The van der Waals surface area contributed by atoms with Gasteiger partial charge in [0.25, 0.3) is 0 Å². The number of hydrogen-bond donors (Lipinski definition) is 1. The number of halogens is 1. The molecule has 1 N–H and O–H groups in total. The van der Waals surface area contributed by atoms with Gasteiger partial charge in [0.15, 0.2) is 0 Å². The molecule has 1 aliphatic carbocycles. The van der Waals surface area contributed by atoms with Crippen LogP contribution in [0.1, 0.15) is 30.5 Å². The van der Waals surface area contributed by atoms with Crippen molar-refractivity contribution in [1.82, 2.24) is 10.3 Å². The minimum Gasteiger partial charge on any atom is -0.302 e. The highest BCUT2D eigenvalue weighted by molar-refractivity contribution is 6.30. The second kappa shape index (κ2) is 5.32. The van der Waals surface area contributed by atoms with Crippen LogP contribution in [0.5, 0.6) is 0 Å². The molecule has 2 aromatic rings. The molecule has 0 atom stereocenters. The van der Waals surface area contributed by atoms with Gasteiger partial charge in [-0.25, -0.2) is 0 Å². The van der Waals surface area contributed by atoms with Crippen LogP contribution in [-0.2, 0) is 12.1 Å². The topological polar surface area (TPSA) is 24.9 Å². The van der Waals surface area contributed by atoms with E-state index >= 15 is 0 Å². The zero-order valence-electron chi connectivity index (χ0n) is 10.8. The van der Waals surface area contributed by atoms with Crippen molar-refractivity contribution >= 4 is 11.6 Å². The van der Waals surface area contributed by atoms with E-state index in [1.54, 1.807) is 0 Å². The van der Waals surface area contributed by atoms with Crippen LogP contribution in [0.3, 0.4) is 0 Å². The zero-order valence-corrected chi connectivity index (χ0v) is 11.5. The van der Waals surface area contributed by atoms with Crippen molar-refractivity contribution in [2.75, 3.05) is 0 Å². The van der Waals surface area contributed by atoms with Crippen molar-refractivity contribution in [3.05, 3.63) is 64.9 Å². The van der Waals surface area contributed by atoms with Gasteiger partial charge in [-0.15, -0.1) is 0 Å². The molecule has 98 valence electrons. The molecule has 0 amide bonds. The van der Waals surface area contributed by atoms with E-state index in [2.05, 4.69) is 28.5 Å². The molecular formula is C16H17ClN2. The lowest BCUT2D eigenvalue weighted by molar-refractivity contribution is 0.183. The lowest BCUT2D eigenvalue weighted by Crippen LogP contribution is -2.47. The number of nitrogens with one attached hydrogen (secondary N) is 1. The molecule has 3 rings (SSSR count). The minimum atomic E-state index is 0.113. The molecule has 1 aromatic carbocycles. The summed E-state index contributed by atoms with van der Waals surface area (Å²) in [7, 11) is 0. The van der Waals surface area contributed by atoms with E-state index in [4.69, 9.17) is 11.6 Å². The van der Waals surface area contributed by atoms with Crippen LogP contribution in [0.4, 0.5) is 0 Å². The Labute approximate surface area is 118 Å². The summed E-state index contributed by atoms with van der Waals surface area (Å²) in [4.78, 5) is 4.36. The summed E-state index contributed by atoms with van der Waals surface area (Å²) in [6.07, 6.45) is 5.48. The zero-order chi connectivity index (χ0) is 13.1. The van der Waals surface area contributed by atoms with Crippen molar-refractivity contribution < 1.29 is 0 Å². The summed E-state index contributed by atoms with van der Waals surface area (Å²) in [6.45, 7) is 0.809. The first-order valence-electron chi connectivity index (χ1n) is 6.70. The molecule has 0 bridgehead atoms. The summed E-state index contributed by atoms with van der Waals surface area (Å²) < 4.78 is 0. The summed E-state index contributed by atoms with van der Waals surface area (Å²) in [5.41, 5.74) is 2.53. The van der Waals surface area contributed by atoms with Crippen LogP contribution in [0.25, 0.3) is 0 Å². The van der Waals surface area contributed by atoms with Gasteiger partial charge in [0.1, 0.15) is 0 Å². The third kappa shape index (κ3) is 2.65. The van der Waals surface area contributed by atoms with Gasteiger partial charge in [-0.05, 0) is 49.1 Å². The molecule has 1 aromatic heterocycles. The molecular weight excluding hydrogens is 256 g/mol. The number of benzene rings is 1. The Balaban J connectivity index is 1.74. The number of rotatable bonds is 4. The Morgan fingerprint density at radius 2 is 1.89 bits per heavy atom. The Morgan fingerprint density at radius 1 is 1.11 bits per heavy atom. The average molecular weight is 273 g/mol. The smallest absolute Gasteiger partial charge is 0.0541 e. The largest absolute Gasteiger partial charge is 0.302 e. The van der Waals surface area contributed by atoms with Gasteiger partial charge in [0, 0.05) is 23.3 Å². The van der Waals surface area contributed by atoms with Crippen LogP contribution >= 0.6 is 11.6 Å². The predicted molar refractivity (Wildman–Crippen MR) is 78.1 cm³/mol. The third-order valence-corrected chi connectivity index (χ3v) is 4.19. The van der Waals surface area contributed by atoms with Crippen molar-refractivity contribution in [2.24, 2.45) is 0 Å². The van der Waals surface area contributed by atoms with Crippen LogP contribution in [0.2, 0.25) is 5.02 Å². The van der Waals surface area contributed by atoms with Crippen molar-refractivity contribution in [2.45, 2.75) is 31.3 Å². The van der Waals surface area contributed by atoms with Crippen molar-refractivity contribution in [1.29, 1.82) is 0 Å². The van der Waals surface area contributed by atoms with Crippen LogP contribution in [-0.4, -0.2) is 4.98 Å². The molecule has 1 heterocycles. The highest BCUT2D eigenvalue weighted by Crippen LogP contribution is 2.41. The molecule has 2 nitrogen and oxygen atoms in total. The van der Waals surface area contributed by atoms with Gasteiger partial charge < -0.3 is 5.32 Å². The van der Waals surface area contributed by atoms with Gasteiger partial charge >= 0.3 is 0 Å². The van der Waals surface area contributed by atoms with Gasteiger partial charge in [0.05, 0.1) is 5.69 Å². The van der Waals surface area contributed by atoms with E-state index in [9.17, 15) is 0 Å². The van der Waals surface area contributed by atoms with Gasteiger partial charge in [-0.2, -0.15) is 0 Å². The first-order chi connectivity index (χ1) is 9.28. The molecule has 1 aliphatic rings. The summed E-state index contributed by atoms with van der Waals surface area (Å²) in [5.74, 6) is 0. The van der Waals surface area contributed by atoms with E-state index in [0.29, 0.717) is 0 Å². The first kappa shape index (κ1) is 12.6. The van der Waals surface area contributed by atoms with E-state index in [1.165, 1.54) is 24.8 Å². The van der Waals surface area contributed by atoms with E-state index in [-0.39, 0.29) is 5.54 Å². The van der Waals surface area contributed by atoms with E-state index < -0.39 is 0 Å². The fraction of sp³-hybridized carbons (Fsp3) is 0.312. The van der Waals surface area contributed by atoms with Crippen LogP contribution in [0.15, 0.2) is 48.7 Å². The molecule has 0 unspecified atom stereocenters. The number of hydrogen-bond acceptors (Lipinski definition) is 2. The van der Waals surface area contributed by atoms with Crippen LogP contribution in [0, 0.1) is 0 Å². The summed E-state index contributed by atoms with van der Waals surface area (Å²) >= 11 is 5.97. The number of aromatic nitrogens is 1. The molecule has 0 spiro atoms. The highest BCUT2D eigenvalue weighted by atomic mass is 35.5. The molecule has 0 radical (unpaired) electrons. The van der Waals surface area contributed by atoms with Crippen LogP contribution < -0.4 is 5.32 Å². The quantitative estimate of drug-likeness (QED) is 0.913. The van der Waals surface area contributed by atoms with E-state index in [1.807, 2.05) is 30.5 Å². The van der Waals surface area contributed by atoms with Gasteiger partial charge in [-0.3, -0.25) is 4.98 Å². The summed E-state index contributed by atoms with van der Waals surface area (Å²) in [6, 6.07) is 14.2. The lowest BCUT2D eigenvalue weighted by atomic mass is 9.72. The fourth-order valence-electron chi connectivity index (χ4n) is 2.63. The number of nitrogens with zero attached hydrogens (tertiary/aromatic N) is 1. The maximum Gasteiger partial charge on any atom is 0.0541 e. The highest BCUT2D eigenvalue weighted by Gasteiger charge is 2.37. The fourth-order valence-corrected chi connectivity index (χ4v) is 2.76.